The van der Waals surface area contributed by atoms with Gasteiger partial charge in [-0.1, -0.05) is 67.2 Å². The van der Waals surface area contributed by atoms with Gasteiger partial charge in [-0.3, -0.25) is 14.2 Å². The van der Waals surface area contributed by atoms with E-state index in [4.69, 9.17) is 4.98 Å². The zero-order valence-corrected chi connectivity index (χ0v) is 21.9. The molecule has 0 radical (unpaired) electrons. The van der Waals surface area contributed by atoms with Crippen molar-refractivity contribution >= 4 is 45.2 Å². The fraction of sp³-hybridized carbons (Fsp3) is 0.286. The Bertz CT molecular complexity index is 1500. The van der Waals surface area contributed by atoms with Crippen LogP contribution in [-0.2, 0) is 28.9 Å². The van der Waals surface area contributed by atoms with Gasteiger partial charge < -0.3 is 15.2 Å². The second-order valence-corrected chi connectivity index (χ2v) is 11.3. The van der Waals surface area contributed by atoms with Crippen molar-refractivity contribution < 1.29 is 14.7 Å². The predicted molar refractivity (Wildman–Crippen MR) is 144 cm³/mol. The summed E-state index contributed by atoms with van der Waals surface area (Å²) in [6, 6.07) is 17.2. The van der Waals surface area contributed by atoms with E-state index in [1.165, 1.54) is 4.88 Å². The lowest BCUT2D eigenvalue weighted by molar-refractivity contribution is -0.308. The molecule has 4 aromatic rings. The van der Waals surface area contributed by atoms with Crippen LogP contribution in [0.5, 0.6) is 0 Å². The largest absolute Gasteiger partial charge is 0.548 e. The Morgan fingerprint density at radius 2 is 1.86 bits per heavy atom. The number of carbonyl (C=O) groups excluding carboxylic acids is 2. The molecule has 2 heterocycles. The molecule has 0 fully saturated rings. The van der Waals surface area contributed by atoms with Crippen molar-refractivity contribution in [1.82, 2.24) is 14.9 Å². The highest BCUT2D eigenvalue weighted by Crippen LogP contribution is 2.37. The maximum absolute atomic E-state index is 13.8. The number of hydrogen-bond donors (Lipinski definition) is 1. The topological polar surface area (TPSA) is 104 Å². The lowest BCUT2D eigenvalue weighted by Crippen LogP contribution is -2.49. The number of aryl methyl sites for hydroxylation is 1. The van der Waals surface area contributed by atoms with Crippen molar-refractivity contribution in [1.29, 1.82) is 0 Å². The Morgan fingerprint density at radius 1 is 1.16 bits per heavy atom. The zero-order chi connectivity index (χ0) is 25.9. The standard InChI is InChI=1S/C28H27N3O4S2/c1-17-12-13-20-22(14-17)37-25-24(20)26(33)31(19-10-6-3-7-11-19)28(30-25)36-16-23(32)29-21(27(34)35)15-18-8-4-2-5-9-18/h2-11,17,21H,12-16H2,1H3,(H,29,32)(H,34,35)/p-1/t17-,21-/m1/s1. The number of fused-ring (bicyclic) bond motifs is 3. The molecule has 2 aromatic heterocycles. The van der Waals surface area contributed by atoms with Crippen LogP contribution in [0.25, 0.3) is 15.9 Å². The van der Waals surface area contributed by atoms with Crippen molar-refractivity contribution in [2.45, 2.75) is 43.8 Å². The van der Waals surface area contributed by atoms with E-state index >= 15 is 0 Å². The van der Waals surface area contributed by atoms with Crippen LogP contribution < -0.4 is 16.0 Å². The van der Waals surface area contributed by atoms with Crippen LogP contribution in [0.4, 0.5) is 0 Å². The first-order chi connectivity index (χ1) is 17.9. The van der Waals surface area contributed by atoms with Gasteiger partial charge >= 0.3 is 0 Å². The van der Waals surface area contributed by atoms with Crippen LogP contribution in [0.1, 0.15) is 29.3 Å². The second-order valence-electron chi connectivity index (χ2n) is 9.32. The molecule has 0 spiro atoms. The molecule has 2 aromatic carbocycles. The van der Waals surface area contributed by atoms with Crippen LogP contribution in [-0.4, -0.2) is 33.2 Å². The number of thiophene rings is 1. The van der Waals surface area contributed by atoms with Gasteiger partial charge in [0.15, 0.2) is 5.16 Å². The number of carboxylic acid groups (broad SMARTS) is 1. The Morgan fingerprint density at radius 3 is 2.57 bits per heavy atom. The first-order valence-corrected chi connectivity index (χ1v) is 14.0. The van der Waals surface area contributed by atoms with Crippen molar-refractivity contribution in [2.24, 2.45) is 5.92 Å². The van der Waals surface area contributed by atoms with Crippen LogP contribution in [0.3, 0.4) is 0 Å². The third-order valence-corrected chi connectivity index (χ3v) is 8.63. The molecule has 0 unspecified atom stereocenters. The van der Waals surface area contributed by atoms with Gasteiger partial charge in [0, 0.05) is 4.88 Å². The predicted octanol–water partition coefficient (Wildman–Crippen LogP) is 3.14. The summed E-state index contributed by atoms with van der Waals surface area (Å²) < 4.78 is 1.56. The minimum Gasteiger partial charge on any atom is -0.548 e. The fourth-order valence-electron chi connectivity index (χ4n) is 4.68. The van der Waals surface area contributed by atoms with E-state index < -0.39 is 17.9 Å². The molecule has 0 saturated carbocycles. The molecular weight excluding hydrogens is 506 g/mol. The summed E-state index contributed by atoms with van der Waals surface area (Å²) >= 11 is 2.68. The van der Waals surface area contributed by atoms with Crippen molar-refractivity contribution in [3.05, 3.63) is 87.0 Å². The number of nitrogens with zero attached hydrogens (tertiary/aromatic N) is 2. The van der Waals surface area contributed by atoms with E-state index in [0.717, 1.165) is 42.2 Å². The maximum atomic E-state index is 13.8. The molecule has 1 amide bonds. The lowest BCUT2D eigenvalue weighted by Gasteiger charge is -2.20. The molecular formula is C28H26N3O4S2-. The molecule has 1 N–H and O–H groups in total. The summed E-state index contributed by atoms with van der Waals surface area (Å²) in [5.74, 6) is -1.34. The number of rotatable bonds is 8. The highest BCUT2D eigenvalue weighted by molar-refractivity contribution is 7.99. The molecule has 7 nitrogen and oxygen atoms in total. The van der Waals surface area contributed by atoms with Crippen molar-refractivity contribution in [3.8, 4) is 5.69 Å². The van der Waals surface area contributed by atoms with Gasteiger partial charge in [-0.05, 0) is 54.9 Å². The Balaban J connectivity index is 1.43. The van der Waals surface area contributed by atoms with Gasteiger partial charge in [0.2, 0.25) is 5.91 Å². The van der Waals surface area contributed by atoms with E-state index in [-0.39, 0.29) is 17.7 Å². The molecule has 190 valence electrons. The van der Waals surface area contributed by atoms with E-state index in [0.29, 0.717) is 27.0 Å². The summed E-state index contributed by atoms with van der Waals surface area (Å²) in [5, 5.41) is 15.3. The molecule has 5 rings (SSSR count). The summed E-state index contributed by atoms with van der Waals surface area (Å²) in [6.45, 7) is 2.22. The van der Waals surface area contributed by atoms with E-state index in [9.17, 15) is 19.5 Å². The van der Waals surface area contributed by atoms with Gasteiger partial charge in [-0.2, -0.15) is 0 Å². The average molecular weight is 533 g/mol. The van der Waals surface area contributed by atoms with E-state index in [1.807, 2.05) is 48.5 Å². The number of benzene rings is 2. The van der Waals surface area contributed by atoms with Gasteiger partial charge in [0.05, 0.1) is 28.8 Å². The third-order valence-electron chi connectivity index (χ3n) is 6.55. The fourth-order valence-corrected chi connectivity index (χ4v) is 6.93. The zero-order valence-electron chi connectivity index (χ0n) is 20.3. The number of carboxylic acids is 1. The van der Waals surface area contributed by atoms with Gasteiger partial charge in [0.1, 0.15) is 4.83 Å². The Labute approximate surface area is 222 Å². The highest BCUT2D eigenvalue weighted by Gasteiger charge is 2.25. The number of para-hydroxylation sites is 1. The molecule has 0 bridgehead atoms. The SMILES string of the molecule is C[C@@H]1CCc2c(sc3nc(SCC(=O)N[C@H](Cc4ccccc4)C(=O)[O-])n(-c4ccccc4)c(=O)c23)C1. The summed E-state index contributed by atoms with van der Waals surface area (Å²) in [5.41, 5.74) is 2.42. The maximum Gasteiger partial charge on any atom is 0.267 e. The monoisotopic (exact) mass is 532 g/mol. The molecule has 9 heteroatoms. The van der Waals surface area contributed by atoms with Gasteiger partial charge in [-0.25, -0.2) is 4.98 Å². The van der Waals surface area contributed by atoms with Crippen molar-refractivity contribution in [2.75, 3.05) is 5.75 Å². The first kappa shape index (κ1) is 25.2. The number of amides is 1. The summed E-state index contributed by atoms with van der Waals surface area (Å²) in [6.07, 6.45) is 2.97. The molecule has 1 aliphatic rings. The molecule has 1 aliphatic carbocycles. The number of nitrogens with one attached hydrogen (secondary N) is 1. The van der Waals surface area contributed by atoms with E-state index in [2.05, 4.69) is 12.2 Å². The average Bonchev–Trinajstić information content (AvgIpc) is 3.25. The first-order valence-electron chi connectivity index (χ1n) is 12.2. The third kappa shape index (κ3) is 5.47. The minimum atomic E-state index is -1.35. The molecule has 0 saturated heterocycles. The normalized spacial score (nSPS) is 15.8. The van der Waals surface area contributed by atoms with Gasteiger partial charge in [-0.15, -0.1) is 11.3 Å². The quantitative estimate of drug-likeness (QED) is 0.276. The summed E-state index contributed by atoms with van der Waals surface area (Å²) in [7, 11) is 0. The molecule has 2 atom stereocenters. The van der Waals surface area contributed by atoms with Gasteiger partial charge in [0.25, 0.3) is 5.56 Å². The number of carbonyl (C=O) groups is 2. The van der Waals surface area contributed by atoms with Crippen molar-refractivity contribution in [3.63, 3.8) is 0 Å². The number of hydrogen-bond acceptors (Lipinski definition) is 7. The molecule has 37 heavy (non-hydrogen) atoms. The smallest absolute Gasteiger partial charge is 0.267 e. The number of aliphatic carboxylic acids is 1. The number of aromatic nitrogens is 2. The van der Waals surface area contributed by atoms with Crippen LogP contribution in [0, 0.1) is 5.92 Å². The Kier molecular flexibility index (Phi) is 7.43. The van der Waals surface area contributed by atoms with Crippen LogP contribution in [0.2, 0.25) is 0 Å². The van der Waals surface area contributed by atoms with E-state index in [1.54, 1.807) is 28.0 Å². The minimum absolute atomic E-state index is 0.0918. The lowest BCUT2D eigenvalue weighted by atomic mass is 9.89. The Hall–Kier alpha value is -3.43. The summed E-state index contributed by atoms with van der Waals surface area (Å²) in [4.78, 5) is 45.0. The molecule has 0 aliphatic heterocycles. The highest BCUT2D eigenvalue weighted by atomic mass is 32.2. The second kappa shape index (κ2) is 10.9. The van der Waals surface area contributed by atoms with Crippen LogP contribution in [0.15, 0.2) is 70.6 Å². The number of thioether (sulfide) groups is 1. The van der Waals surface area contributed by atoms with Crippen LogP contribution >= 0.6 is 23.1 Å².